The lowest BCUT2D eigenvalue weighted by Gasteiger charge is -2.37. The molecule has 0 amide bonds. The van der Waals surface area contributed by atoms with Crippen molar-refractivity contribution in [2.24, 2.45) is 4.99 Å². The molecule has 2 N–H and O–H groups in total. The molecule has 2 unspecified atom stereocenters. The van der Waals surface area contributed by atoms with Crippen LogP contribution in [-0.2, 0) is 17.6 Å². The zero-order valence-electron chi connectivity index (χ0n) is 16.5. The van der Waals surface area contributed by atoms with Crippen molar-refractivity contribution in [3.05, 3.63) is 16.1 Å². The molecule has 0 spiro atoms. The van der Waals surface area contributed by atoms with Crippen molar-refractivity contribution in [1.82, 2.24) is 20.5 Å². The van der Waals surface area contributed by atoms with Gasteiger partial charge in [-0.25, -0.2) is 4.98 Å². The highest BCUT2D eigenvalue weighted by Crippen LogP contribution is 2.13. The fraction of sp³-hybridized carbons (Fsp3) is 0.778. The standard InChI is InChI=1S/C18H33N5OS.HI/c1-5-16-12-21-17(25-16)7-8-20-18(19-6-2)22-11-14(3)23-9-10-24-13-15(23)4;/h12,14-15H,5-11,13H2,1-4H3,(H2,19,20,22);1H. The summed E-state index contributed by atoms with van der Waals surface area (Å²) in [4.78, 5) is 13.1. The van der Waals surface area contributed by atoms with E-state index in [4.69, 9.17) is 9.73 Å². The van der Waals surface area contributed by atoms with Gasteiger partial charge in [-0.1, -0.05) is 6.92 Å². The maximum Gasteiger partial charge on any atom is 0.191 e. The molecule has 150 valence electrons. The monoisotopic (exact) mass is 495 g/mol. The maximum absolute atomic E-state index is 5.52. The first-order valence-corrected chi connectivity index (χ1v) is 10.2. The second kappa shape index (κ2) is 12.9. The SMILES string of the molecule is CCNC(=NCC(C)N1CCOCC1C)NCCc1ncc(CC)s1.I. The van der Waals surface area contributed by atoms with Gasteiger partial charge >= 0.3 is 0 Å². The van der Waals surface area contributed by atoms with Crippen LogP contribution in [0.15, 0.2) is 11.2 Å². The quantitative estimate of drug-likeness (QED) is 0.330. The van der Waals surface area contributed by atoms with Crippen LogP contribution >= 0.6 is 35.3 Å². The Hall–Kier alpha value is -0.450. The van der Waals surface area contributed by atoms with Crippen molar-refractivity contribution in [1.29, 1.82) is 0 Å². The summed E-state index contributed by atoms with van der Waals surface area (Å²) in [6, 6.07) is 0.882. The average molecular weight is 495 g/mol. The fourth-order valence-electron chi connectivity index (χ4n) is 2.98. The van der Waals surface area contributed by atoms with E-state index in [0.717, 1.165) is 58.2 Å². The molecule has 26 heavy (non-hydrogen) atoms. The molecule has 6 nitrogen and oxygen atoms in total. The summed E-state index contributed by atoms with van der Waals surface area (Å²) in [6.45, 7) is 13.9. The molecule has 1 aliphatic rings. The predicted molar refractivity (Wildman–Crippen MR) is 121 cm³/mol. The van der Waals surface area contributed by atoms with Gasteiger partial charge in [0.2, 0.25) is 0 Å². The van der Waals surface area contributed by atoms with Crippen LogP contribution in [0.5, 0.6) is 0 Å². The number of hydrogen-bond acceptors (Lipinski definition) is 5. The molecule has 2 heterocycles. The lowest BCUT2D eigenvalue weighted by Crippen LogP contribution is -2.49. The van der Waals surface area contributed by atoms with Crippen LogP contribution in [0.4, 0.5) is 0 Å². The minimum absolute atomic E-state index is 0. The van der Waals surface area contributed by atoms with Crippen molar-refractivity contribution in [3.63, 3.8) is 0 Å². The number of morpholine rings is 1. The van der Waals surface area contributed by atoms with Gasteiger partial charge in [-0.15, -0.1) is 35.3 Å². The molecular weight excluding hydrogens is 461 g/mol. The Morgan fingerprint density at radius 3 is 2.92 bits per heavy atom. The number of halogens is 1. The van der Waals surface area contributed by atoms with E-state index < -0.39 is 0 Å². The molecule has 1 aliphatic heterocycles. The summed E-state index contributed by atoms with van der Waals surface area (Å²) in [7, 11) is 0. The van der Waals surface area contributed by atoms with Gasteiger partial charge in [0, 0.05) is 49.2 Å². The number of nitrogens with zero attached hydrogens (tertiary/aromatic N) is 3. The van der Waals surface area contributed by atoms with E-state index in [1.54, 1.807) is 11.3 Å². The Morgan fingerprint density at radius 1 is 1.46 bits per heavy atom. The number of ether oxygens (including phenoxy) is 1. The van der Waals surface area contributed by atoms with E-state index in [-0.39, 0.29) is 24.0 Å². The molecule has 1 saturated heterocycles. The topological polar surface area (TPSA) is 61.8 Å². The smallest absolute Gasteiger partial charge is 0.191 e. The molecule has 0 bridgehead atoms. The Labute approximate surface area is 179 Å². The zero-order chi connectivity index (χ0) is 18.1. The highest BCUT2D eigenvalue weighted by molar-refractivity contribution is 14.0. The number of hydrogen-bond donors (Lipinski definition) is 2. The Balaban J connectivity index is 0.00000338. The summed E-state index contributed by atoms with van der Waals surface area (Å²) in [6.07, 6.45) is 3.99. The molecule has 0 aromatic carbocycles. The summed E-state index contributed by atoms with van der Waals surface area (Å²) in [5.41, 5.74) is 0. The van der Waals surface area contributed by atoms with Crippen molar-refractivity contribution < 1.29 is 4.74 Å². The predicted octanol–water partition coefficient (Wildman–Crippen LogP) is 2.53. The Kier molecular flexibility index (Phi) is 11.7. The first-order valence-electron chi connectivity index (χ1n) is 9.43. The number of aliphatic imine (C=N–C) groups is 1. The molecular formula is C18H34IN5OS. The number of rotatable bonds is 8. The highest BCUT2D eigenvalue weighted by atomic mass is 127. The van der Waals surface area contributed by atoms with Gasteiger partial charge in [-0.3, -0.25) is 9.89 Å². The Morgan fingerprint density at radius 2 is 2.27 bits per heavy atom. The van der Waals surface area contributed by atoms with E-state index in [0.29, 0.717) is 12.1 Å². The molecule has 1 aromatic heterocycles. The second-order valence-electron chi connectivity index (χ2n) is 6.48. The van der Waals surface area contributed by atoms with Crippen LogP contribution in [0.3, 0.4) is 0 Å². The van der Waals surface area contributed by atoms with E-state index in [2.05, 4.69) is 48.2 Å². The number of nitrogens with one attached hydrogen (secondary N) is 2. The van der Waals surface area contributed by atoms with Crippen LogP contribution in [-0.4, -0.2) is 67.3 Å². The van der Waals surface area contributed by atoms with E-state index >= 15 is 0 Å². The van der Waals surface area contributed by atoms with Crippen molar-refractivity contribution in [3.8, 4) is 0 Å². The normalized spacial score (nSPS) is 19.7. The van der Waals surface area contributed by atoms with Crippen molar-refractivity contribution in [2.75, 3.05) is 39.4 Å². The third-order valence-corrected chi connectivity index (χ3v) is 5.63. The van der Waals surface area contributed by atoms with Gasteiger partial charge < -0.3 is 15.4 Å². The molecule has 2 rings (SSSR count). The molecule has 2 atom stereocenters. The van der Waals surface area contributed by atoms with Gasteiger partial charge in [-0.05, 0) is 27.2 Å². The van der Waals surface area contributed by atoms with E-state index in [1.165, 1.54) is 9.88 Å². The second-order valence-corrected chi connectivity index (χ2v) is 7.68. The number of guanidine groups is 1. The largest absolute Gasteiger partial charge is 0.379 e. The van der Waals surface area contributed by atoms with Gasteiger partial charge in [0.25, 0.3) is 0 Å². The Bertz CT molecular complexity index is 539. The molecule has 1 fully saturated rings. The first kappa shape index (κ1) is 23.6. The van der Waals surface area contributed by atoms with Crippen LogP contribution < -0.4 is 10.6 Å². The molecule has 8 heteroatoms. The van der Waals surface area contributed by atoms with E-state index in [1.807, 2.05) is 6.20 Å². The van der Waals surface area contributed by atoms with Gasteiger partial charge in [0.05, 0.1) is 24.8 Å². The average Bonchev–Trinajstić information content (AvgIpc) is 3.08. The summed E-state index contributed by atoms with van der Waals surface area (Å²) < 4.78 is 5.52. The third kappa shape index (κ3) is 7.66. The molecule has 0 radical (unpaired) electrons. The fourth-order valence-corrected chi connectivity index (χ4v) is 3.84. The van der Waals surface area contributed by atoms with E-state index in [9.17, 15) is 0 Å². The zero-order valence-corrected chi connectivity index (χ0v) is 19.6. The third-order valence-electron chi connectivity index (χ3n) is 4.42. The summed E-state index contributed by atoms with van der Waals surface area (Å²) >= 11 is 1.81. The lowest BCUT2D eigenvalue weighted by atomic mass is 10.2. The highest BCUT2D eigenvalue weighted by Gasteiger charge is 2.23. The summed E-state index contributed by atoms with van der Waals surface area (Å²) in [5, 5.41) is 7.95. The lowest BCUT2D eigenvalue weighted by molar-refractivity contribution is -0.0165. The van der Waals surface area contributed by atoms with Gasteiger partial charge in [-0.2, -0.15) is 0 Å². The maximum atomic E-state index is 5.52. The van der Waals surface area contributed by atoms with Crippen LogP contribution in [0.2, 0.25) is 0 Å². The number of aromatic nitrogens is 1. The van der Waals surface area contributed by atoms with Crippen molar-refractivity contribution >= 4 is 41.3 Å². The number of thiazole rings is 1. The van der Waals surface area contributed by atoms with Crippen LogP contribution in [0, 0.1) is 0 Å². The molecule has 0 aliphatic carbocycles. The van der Waals surface area contributed by atoms with Gasteiger partial charge in [0.15, 0.2) is 5.96 Å². The van der Waals surface area contributed by atoms with Gasteiger partial charge in [0.1, 0.15) is 0 Å². The minimum Gasteiger partial charge on any atom is -0.379 e. The molecule has 1 aromatic rings. The first-order chi connectivity index (χ1) is 12.1. The van der Waals surface area contributed by atoms with Crippen molar-refractivity contribution in [2.45, 2.75) is 52.6 Å². The van der Waals surface area contributed by atoms with Crippen LogP contribution in [0.1, 0.15) is 37.6 Å². The summed E-state index contributed by atoms with van der Waals surface area (Å²) in [5.74, 6) is 0.891. The van der Waals surface area contributed by atoms with Crippen LogP contribution in [0.25, 0.3) is 0 Å². The minimum atomic E-state index is 0. The number of aryl methyl sites for hydroxylation is 1. The molecule has 0 saturated carbocycles.